The second-order valence-corrected chi connectivity index (χ2v) is 7.21. The Labute approximate surface area is 136 Å². The Morgan fingerprint density at radius 2 is 2.27 bits per heavy atom. The highest BCUT2D eigenvalue weighted by molar-refractivity contribution is 7.09. The maximum absolute atomic E-state index is 5.80. The third-order valence-electron chi connectivity index (χ3n) is 3.86. The largest absolute Gasteiger partial charge is 0.376 e. The third-order valence-corrected chi connectivity index (χ3v) is 4.62. The van der Waals surface area contributed by atoms with Crippen molar-refractivity contribution in [1.82, 2.24) is 14.9 Å². The number of pyridine rings is 1. The Balaban J connectivity index is 1.64. The number of rotatable bonds is 6. The van der Waals surface area contributed by atoms with Gasteiger partial charge in [0.2, 0.25) is 0 Å². The molecule has 5 heteroatoms. The molecule has 3 heterocycles. The van der Waals surface area contributed by atoms with E-state index in [-0.39, 0.29) is 0 Å². The Morgan fingerprint density at radius 1 is 1.36 bits per heavy atom. The van der Waals surface area contributed by atoms with Crippen LogP contribution in [0.3, 0.4) is 0 Å². The minimum atomic E-state index is 0.571. The number of thiazole rings is 1. The summed E-state index contributed by atoms with van der Waals surface area (Å²) >= 11 is 1.73. The van der Waals surface area contributed by atoms with Crippen molar-refractivity contribution in [2.75, 3.05) is 13.2 Å². The predicted molar refractivity (Wildman–Crippen MR) is 88.7 cm³/mol. The van der Waals surface area contributed by atoms with Crippen LogP contribution >= 0.6 is 11.3 Å². The van der Waals surface area contributed by atoms with Crippen molar-refractivity contribution in [2.24, 2.45) is 5.92 Å². The first-order valence-electron chi connectivity index (χ1n) is 7.85. The van der Waals surface area contributed by atoms with Crippen LogP contribution in [0, 0.1) is 5.92 Å². The van der Waals surface area contributed by atoms with Gasteiger partial charge in [0.1, 0.15) is 5.01 Å². The van der Waals surface area contributed by atoms with Gasteiger partial charge in [-0.1, -0.05) is 13.8 Å². The Bertz CT molecular complexity index is 598. The summed E-state index contributed by atoms with van der Waals surface area (Å²) < 4.78 is 5.80. The molecule has 0 radical (unpaired) electrons. The summed E-state index contributed by atoms with van der Waals surface area (Å²) in [6.45, 7) is 8.81. The van der Waals surface area contributed by atoms with E-state index in [2.05, 4.69) is 28.7 Å². The van der Waals surface area contributed by atoms with Crippen molar-refractivity contribution >= 4 is 11.3 Å². The molecule has 118 valence electrons. The zero-order chi connectivity index (χ0) is 15.4. The van der Waals surface area contributed by atoms with Gasteiger partial charge in [-0.05, 0) is 29.0 Å². The van der Waals surface area contributed by atoms with E-state index in [9.17, 15) is 0 Å². The van der Waals surface area contributed by atoms with Crippen molar-refractivity contribution < 1.29 is 4.74 Å². The molecular formula is C17H23N3OS. The van der Waals surface area contributed by atoms with Crippen molar-refractivity contribution in [3.05, 3.63) is 45.7 Å². The minimum Gasteiger partial charge on any atom is -0.376 e. The number of hydrogen-bond acceptors (Lipinski definition) is 5. The average molecular weight is 317 g/mol. The Morgan fingerprint density at radius 3 is 3.05 bits per heavy atom. The van der Waals surface area contributed by atoms with Gasteiger partial charge in [-0.25, -0.2) is 4.98 Å². The van der Waals surface area contributed by atoms with Crippen molar-refractivity contribution in [1.29, 1.82) is 0 Å². The molecule has 1 aliphatic rings. The van der Waals surface area contributed by atoms with Crippen LogP contribution in [0.1, 0.15) is 35.5 Å². The number of aromatic nitrogens is 2. The summed E-state index contributed by atoms with van der Waals surface area (Å²) in [7, 11) is 0. The van der Waals surface area contributed by atoms with Crippen LogP contribution in [-0.4, -0.2) is 28.0 Å². The van der Waals surface area contributed by atoms with E-state index in [1.54, 1.807) is 11.3 Å². The molecule has 2 aromatic heterocycles. The molecule has 0 aromatic carbocycles. The summed E-state index contributed by atoms with van der Waals surface area (Å²) in [6.07, 6.45) is 6.93. The highest BCUT2D eigenvalue weighted by Crippen LogP contribution is 2.23. The first-order chi connectivity index (χ1) is 10.7. The molecule has 0 atom stereocenters. The van der Waals surface area contributed by atoms with Crippen LogP contribution in [0.15, 0.2) is 24.0 Å². The Kier molecular flexibility index (Phi) is 5.18. The van der Waals surface area contributed by atoms with Gasteiger partial charge in [0, 0.05) is 43.7 Å². The molecule has 0 saturated carbocycles. The van der Waals surface area contributed by atoms with Gasteiger partial charge in [0.15, 0.2) is 0 Å². The lowest BCUT2D eigenvalue weighted by molar-refractivity contribution is 0.0958. The summed E-state index contributed by atoms with van der Waals surface area (Å²) in [6, 6.07) is 0. The summed E-state index contributed by atoms with van der Waals surface area (Å²) in [4.78, 5) is 11.2. The number of ether oxygens (including phenoxy) is 1. The average Bonchev–Trinajstić information content (AvgIpc) is 3.00. The van der Waals surface area contributed by atoms with Gasteiger partial charge in [-0.2, -0.15) is 0 Å². The monoisotopic (exact) mass is 317 g/mol. The lowest BCUT2D eigenvalue weighted by Gasteiger charge is -2.29. The van der Waals surface area contributed by atoms with Gasteiger partial charge in [0.05, 0.1) is 13.2 Å². The van der Waals surface area contributed by atoms with Gasteiger partial charge >= 0.3 is 0 Å². The standard InChI is InChI=1S/C17H23N3OS/c1-13(2)11-21-12-15-8-18-7-14-9-20(5-3-16(14)15)10-17-19-4-6-22-17/h4,6-8,13H,3,5,9-12H2,1-2H3. The minimum absolute atomic E-state index is 0.571. The van der Waals surface area contributed by atoms with E-state index in [0.29, 0.717) is 12.5 Å². The SMILES string of the molecule is CC(C)COCc1cncc2c1CCN(Cc1nccs1)C2. The molecule has 0 fully saturated rings. The molecule has 0 spiro atoms. The van der Waals surface area contributed by atoms with E-state index >= 15 is 0 Å². The topological polar surface area (TPSA) is 38.2 Å². The van der Waals surface area contributed by atoms with Crippen molar-refractivity contribution in [3.8, 4) is 0 Å². The zero-order valence-corrected chi connectivity index (χ0v) is 14.1. The van der Waals surface area contributed by atoms with Gasteiger partial charge in [-0.3, -0.25) is 9.88 Å². The van der Waals surface area contributed by atoms with Crippen molar-refractivity contribution in [2.45, 2.75) is 40.0 Å². The first kappa shape index (κ1) is 15.6. The van der Waals surface area contributed by atoms with E-state index in [1.807, 2.05) is 24.0 Å². The number of hydrogen-bond donors (Lipinski definition) is 0. The molecular weight excluding hydrogens is 294 g/mol. The number of fused-ring (bicyclic) bond motifs is 1. The fraction of sp³-hybridized carbons (Fsp3) is 0.529. The molecule has 0 saturated heterocycles. The van der Waals surface area contributed by atoms with Gasteiger partial charge in [0.25, 0.3) is 0 Å². The molecule has 0 aliphatic carbocycles. The van der Waals surface area contributed by atoms with Crippen LogP contribution in [-0.2, 0) is 30.9 Å². The quantitative estimate of drug-likeness (QED) is 0.819. The van der Waals surface area contributed by atoms with E-state index in [4.69, 9.17) is 4.74 Å². The zero-order valence-electron chi connectivity index (χ0n) is 13.3. The van der Waals surface area contributed by atoms with Crippen molar-refractivity contribution in [3.63, 3.8) is 0 Å². The van der Waals surface area contributed by atoms with E-state index in [0.717, 1.165) is 32.7 Å². The van der Waals surface area contributed by atoms with E-state index in [1.165, 1.54) is 21.7 Å². The molecule has 1 aliphatic heterocycles. The molecule has 22 heavy (non-hydrogen) atoms. The van der Waals surface area contributed by atoms with Crippen LogP contribution in [0.4, 0.5) is 0 Å². The maximum Gasteiger partial charge on any atom is 0.107 e. The fourth-order valence-electron chi connectivity index (χ4n) is 2.81. The highest BCUT2D eigenvalue weighted by atomic mass is 32.1. The molecule has 0 N–H and O–H groups in total. The third kappa shape index (κ3) is 3.91. The smallest absolute Gasteiger partial charge is 0.107 e. The van der Waals surface area contributed by atoms with Gasteiger partial charge < -0.3 is 4.74 Å². The number of nitrogens with zero attached hydrogens (tertiary/aromatic N) is 3. The highest BCUT2D eigenvalue weighted by Gasteiger charge is 2.20. The fourth-order valence-corrected chi connectivity index (χ4v) is 3.47. The van der Waals surface area contributed by atoms with Crippen LogP contribution < -0.4 is 0 Å². The van der Waals surface area contributed by atoms with Crippen LogP contribution in [0.25, 0.3) is 0 Å². The van der Waals surface area contributed by atoms with Crippen LogP contribution in [0.5, 0.6) is 0 Å². The maximum atomic E-state index is 5.80. The second-order valence-electron chi connectivity index (χ2n) is 6.23. The predicted octanol–water partition coefficient (Wildman–Crippen LogP) is 3.27. The molecule has 3 rings (SSSR count). The molecule has 0 amide bonds. The summed E-state index contributed by atoms with van der Waals surface area (Å²) in [5.41, 5.74) is 4.04. The molecule has 0 bridgehead atoms. The molecule has 2 aromatic rings. The summed E-state index contributed by atoms with van der Waals surface area (Å²) in [5, 5.41) is 3.23. The van der Waals surface area contributed by atoms with E-state index < -0.39 is 0 Å². The normalized spacial score (nSPS) is 15.2. The van der Waals surface area contributed by atoms with Crippen LogP contribution in [0.2, 0.25) is 0 Å². The first-order valence-corrected chi connectivity index (χ1v) is 8.73. The molecule has 0 unspecified atom stereocenters. The summed E-state index contributed by atoms with van der Waals surface area (Å²) in [5.74, 6) is 0.571. The lowest BCUT2D eigenvalue weighted by Crippen LogP contribution is -2.31. The van der Waals surface area contributed by atoms with Gasteiger partial charge in [-0.15, -0.1) is 11.3 Å². The second kappa shape index (κ2) is 7.31. The Hall–Kier alpha value is -1.30. The lowest BCUT2D eigenvalue weighted by atomic mass is 9.97. The molecule has 4 nitrogen and oxygen atoms in total.